The monoisotopic (exact) mass is 565 g/mol. The summed E-state index contributed by atoms with van der Waals surface area (Å²) in [5.74, 6) is 0.887. The van der Waals surface area contributed by atoms with Gasteiger partial charge in [0, 0.05) is 57.5 Å². The highest BCUT2D eigenvalue weighted by Gasteiger charge is 2.47. The number of benzene rings is 2. The van der Waals surface area contributed by atoms with Gasteiger partial charge in [-0.2, -0.15) is 4.31 Å². The van der Waals surface area contributed by atoms with Gasteiger partial charge in [0.2, 0.25) is 15.9 Å². The minimum Gasteiger partial charge on any atom is -0.492 e. The van der Waals surface area contributed by atoms with Crippen LogP contribution in [0.2, 0.25) is 0 Å². The molecule has 2 atom stereocenters. The maximum atomic E-state index is 13.9. The van der Waals surface area contributed by atoms with Crippen molar-refractivity contribution in [2.75, 3.05) is 26.2 Å². The first-order valence-corrected chi connectivity index (χ1v) is 15.2. The summed E-state index contributed by atoms with van der Waals surface area (Å²) in [5, 5.41) is 13.7. The molecule has 10 nitrogen and oxygen atoms in total. The van der Waals surface area contributed by atoms with Crippen LogP contribution < -0.4 is 10.1 Å². The van der Waals surface area contributed by atoms with Gasteiger partial charge in [0.05, 0.1) is 19.3 Å². The summed E-state index contributed by atoms with van der Waals surface area (Å²) in [6.45, 7) is 2.37. The molecule has 0 aliphatic carbocycles. The molecule has 2 fully saturated rings. The molecule has 0 bridgehead atoms. The molecule has 3 aliphatic heterocycles. The number of aromatic nitrogens is 2. The number of ether oxygens (including phenoxy) is 1. The van der Waals surface area contributed by atoms with E-state index in [1.807, 2.05) is 48.1 Å². The molecule has 0 saturated carbocycles. The lowest BCUT2D eigenvalue weighted by molar-refractivity contribution is -0.127. The molecule has 0 radical (unpaired) electrons. The Morgan fingerprint density at radius 1 is 1.10 bits per heavy atom. The molecule has 40 heavy (non-hydrogen) atoms. The molecule has 4 heterocycles. The third-order valence-electron chi connectivity index (χ3n) is 8.50. The number of carbonyl (C=O) groups is 1. The number of aliphatic hydroxyl groups is 1. The van der Waals surface area contributed by atoms with Crippen molar-refractivity contribution < 1.29 is 23.1 Å². The highest BCUT2D eigenvalue weighted by molar-refractivity contribution is 7.89. The Hall–Kier alpha value is -3.25. The number of hydrogen-bond donors (Lipinski definition) is 2. The number of fused-ring (bicyclic) bond motifs is 2. The third-order valence-corrected chi connectivity index (χ3v) is 10.4. The molecular weight excluding hydrogens is 530 g/mol. The van der Waals surface area contributed by atoms with E-state index in [9.17, 15) is 18.3 Å². The summed E-state index contributed by atoms with van der Waals surface area (Å²) < 4.78 is 37.2. The predicted octanol–water partition coefficient (Wildman–Crippen LogP) is 2.14. The van der Waals surface area contributed by atoms with Gasteiger partial charge in [0.15, 0.2) is 0 Å². The zero-order valence-corrected chi connectivity index (χ0v) is 23.4. The number of hydrogen-bond acceptors (Lipinski definition) is 7. The molecule has 11 heteroatoms. The molecular formula is C29H35N5O5S. The van der Waals surface area contributed by atoms with Crippen molar-refractivity contribution in [1.82, 2.24) is 24.1 Å². The van der Waals surface area contributed by atoms with Crippen LogP contribution in [0.4, 0.5) is 0 Å². The van der Waals surface area contributed by atoms with Gasteiger partial charge < -0.3 is 19.7 Å². The summed E-state index contributed by atoms with van der Waals surface area (Å²) >= 11 is 0. The van der Waals surface area contributed by atoms with Crippen LogP contribution >= 0.6 is 0 Å². The zero-order chi connectivity index (χ0) is 27.9. The lowest BCUT2D eigenvalue weighted by Crippen LogP contribution is -2.59. The molecule has 3 aromatic rings. The average molecular weight is 566 g/mol. The lowest BCUT2D eigenvalue weighted by atomic mass is 9.84. The maximum Gasteiger partial charge on any atom is 0.247 e. The summed E-state index contributed by atoms with van der Waals surface area (Å²) in [5.41, 5.74) is 1.25. The van der Waals surface area contributed by atoms with Crippen LogP contribution in [0, 0.1) is 0 Å². The van der Waals surface area contributed by atoms with E-state index in [1.165, 1.54) is 0 Å². The number of piperidine rings is 1. The van der Waals surface area contributed by atoms with Crippen molar-refractivity contribution >= 4 is 15.9 Å². The van der Waals surface area contributed by atoms with E-state index in [2.05, 4.69) is 15.2 Å². The van der Waals surface area contributed by atoms with Crippen molar-refractivity contribution in [3.63, 3.8) is 0 Å². The van der Waals surface area contributed by atoms with Crippen LogP contribution in [0.15, 0.2) is 65.8 Å². The number of rotatable bonds is 3. The standard InChI is InChI=1S/C29H35N5O5S/c1-32-15-12-30-27(32)20-33-13-9-29(10-14-33)11-16-39-25-17-22(21-5-3-2-4-6-21)7-8-26(25)40(37,38)34-19-23(35)18-24(34)28(36)31-29/h2-8,12,15,17,23-24,35H,9-11,13-14,16,18-20H2,1H3,(H,31,36)/t23-,24+/m1/s1. The van der Waals surface area contributed by atoms with E-state index in [4.69, 9.17) is 4.74 Å². The minimum atomic E-state index is -4.11. The molecule has 3 aliphatic rings. The molecule has 1 spiro atoms. The third kappa shape index (κ3) is 5.14. The molecule has 2 aromatic carbocycles. The van der Waals surface area contributed by atoms with Crippen molar-refractivity contribution in [3.05, 3.63) is 66.7 Å². The zero-order valence-electron chi connectivity index (χ0n) is 22.6. The van der Waals surface area contributed by atoms with Crippen molar-refractivity contribution in [3.8, 4) is 16.9 Å². The first-order valence-electron chi connectivity index (χ1n) is 13.8. The molecule has 0 unspecified atom stereocenters. The van der Waals surface area contributed by atoms with E-state index < -0.39 is 27.7 Å². The number of amides is 1. The van der Waals surface area contributed by atoms with Gasteiger partial charge in [-0.3, -0.25) is 9.69 Å². The van der Waals surface area contributed by atoms with Crippen LogP contribution in [-0.4, -0.2) is 82.1 Å². The van der Waals surface area contributed by atoms with Gasteiger partial charge in [-0.1, -0.05) is 36.4 Å². The van der Waals surface area contributed by atoms with Crippen molar-refractivity contribution in [2.24, 2.45) is 7.05 Å². The topological polar surface area (TPSA) is 117 Å². The predicted molar refractivity (Wildman–Crippen MR) is 149 cm³/mol. The number of aryl methyl sites for hydroxylation is 1. The fourth-order valence-corrected chi connectivity index (χ4v) is 7.84. The second-order valence-electron chi connectivity index (χ2n) is 11.1. The molecule has 1 amide bonds. The van der Waals surface area contributed by atoms with Gasteiger partial charge in [-0.05, 0) is 36.1 Å². The maximum absolute atomic E-state index is 13.9. The van der Waals surface area contributed by atoms with E-state index in [0.717, 1.165) is 40.9 Å². The van der Waals surface area contributed by atoms with E-state index in [0.29, 0.717) is 19.3 Å². The minimum absolute atomic E-state index is 0.0138. The fourth-order valence-electron chi connectivity index (χ4n) is 6.09. The Bertz CT molecular complexity index is 1480. The number of sulfonamides is 1. The second-order valence-corrected chi connectivity index (χ2v) is 13.0. The van der Waals surface area contributed by atoms with Crippen LogP contribution in [-0.2, 0) is 28.4 Å². The molecule has 6 rings (SSSR count). The van der Waals surface area contributed by atoms with Gasteiger partial charge in [-0.15, -0.1) is 0 Å². The first-order chi connectivity index (χ1) is 19.2. The van der Waals surface area contributed by atoms with E-state index in [1.54, 1.807) is 24.4 Å². The summed E-state index contributed by atoms with van der Waals surface area (Å²) in [7, 11) is -2.14. The Kier molecular flexibility index (Phi) is 7.16. The highest BCUT2D eigenvalue weighted by Crippen LogP contribution is 2.37. The molecule has 2 saturated heterocycles. The Balaban J connectivity index is 1.31. The first kappa shape index (κ1) is 26.9. The number of likely N-dealkylation sites (tertiary alicyclic amines) is 1. The summed E-state index contributed by atoms with van der Waals surface area (Å²) in [6, 6.07) is 13.8. The lowest BCUT2D eigenvalue weighted by Gasteiger charge is -2.43. The normalized spacial score (nSPS) is 24.9. The Labute approximate surface area is 234 Å². The number of nitrogens with one attached hydrogen (secondary N) is 1. The SMILES string of the molecule is Cn1ccnc1CN1CCC2(CCOc3cc(-c4ccccc4)ccc3S(=O)(=O)N3C[C@H](O)C[C@H]3C(=O)N2)CC1. The Morgan fingerprint density at radius 2 is 1.88 bits per heavy atom. The smallest absolute Gasteiger partial charge is 0.247 e. The van der Waals surface area contributed by atoms with Crippen LogP contribution in [0.5, 0.6) is 5.75 Å². The average Bonchev–Trinajstić information content (AvgIpc) is 3.55. The number of imidazole rings is 1. The Morgan fingerprint density at radius 3 is 2.60 bits per heavy atom. The molecule has 212 valence electrons. The molecule has 2 N–H and O–H groups in total. The van der Waals surface area contributed by atoms with E-state index >= 15 is 0 Å². The van der Waals surface area contributed by atoms with Crippen LogP contribution in [0.1, 0.15) is 31.5 Å². The van der Waals surface area contributed by atoms with Crippen LogP contribution in [0.25, 0.3) is 11.1 Å². The number of carbonyl (C=O) groups excluding carboxylic acids is 1. The van der Waals surface area contributed by atoms with Gasteiger partial charge >= 0.3 is 0 Å². The van der Waals surface area contributed by atoms with Crippen molar-refractivity contribution in [2.45, 2.75) is 54.8 Å². The van der Waals surface area contributed by atoms with Crippen molar-refractivity contribution in [1.29, 1.82) is 0 Å². The van der Waals surface area contributed by atoms with Gasteiger partial charge in [-0.25, -0.2) is 13.4 Å². The van der Waals surface area contributed by atoms with Gasteiger partial charge in [0.25, 0.3) is 0 Å². The summed E-state index contributed by atoms with van der Waals surface area (Å²) in [6.07, 6.45) is 4.80. The second kappa shape index (κ2) is 10.6. The number of nitrogens with zero attached hydrogens (tertiary/aromatic N) is 4. The highest BCUT2D eigenvalue weighted by atomic mass is 32.2. The number of aliphatic hydroxyl groups excluding tert-OH is 1. The summed E-state index contributed by atoms with van der Waals surface area (Å²) in [4.78, 5) is 20.4. The fraction of sp³-hybridized carbons (Fsp3) is 0.448. The molecule has 1 aromatic heterocycles. The van der Waals surface area contributed by atoms with Crippen LogP contribution in [0.3, 0.4) is 0 Å². The quantitative estimate of drug-likeness (QED) is 0.500. The van der Waals surface area contributed by atoms with Gasteiger partial charge in [0.1, 0.15) is 22.5 Å². The largest absolute Gasteiger partial charge is 0.492 e. The van der Waals surface area contributed by atoms with E-state index in [-0.39, 0.29) is 36.1 Å².